The van der Waals surface area contributed by atoms with Gasteiger partial charge in [0.1, 0.15) is 0 Å². The third kappa shape index (κ3) is 5.09. The molecule has 0 unspecified atom stereocenters. The molecule has 0 saturated carbocycles. The van der Waals surface area contributed by atoms with Crippen LogP contribution in [0.25, 0.3) is 5.57 Å². The van der Waals surface area contributed by atoms with Gasteiger partial charge in [-0.3, -0.25) is 0 Å². The first-order chi connectivity index (χ1) is 11.5. The van der Waals surface area contributed by atoms with Gasteiger partial charge in [-0.25, -0.2) is 0 Å². The van der Waals surface area contributed by atoms with Crippen LogP contribution in [-0.2, 0) is 0 Å². The molecule has 0 spiro atoms. The predicted octanol–water partition coefficient (Wildman–Crippen LogP) is 7.34. The van der Waals surface area contributed by atoms with Crippen LogP contribution in [0.15, 0.2) is 54.1 Å². The van der Waals surface area contributed by atoms with Gasteiger partial charge >= 0.3 is 0 Å². The summed E-state index contributed by atoms with van der Waals surface area (Å²) in [6.45, 7) is 11.2. The Kier molecular flexibility index (Phi) is 6.85. The Morgan fingerprint density at radius 2 is 1.21 bits per heavy atom. The highest BCUT2D eigenvalue weighted by Gasteiger charge is 2.12. The summed E-state index contributed by atoms with van der Waals surface area (Å²) < 4.78 is 0. The van der Waals surface area contributed by atoms with Crippen molar-refractivity contribution in [1.82, 2.24) is 0 Å². The first-order valence-electron chi connectivity index (χ1n) is 9.37. The number of allylic oxidation sites excluding steroid dienone is 1. The predicted molar refractivity (Wildman–Crippen MR) is 107 cm³/mol. The van der Waals surface area contributed by atoms with Gasteiger partial charge < -0.3 is 0 Å². The van der Waals surface area contributed by atoms with Crippen molar-refractivity contribution in [1.29, 1.82) is 0 Å². The van der Waals surface area contributed by atoms with Crippen LogP contribution in [0.4, 0.5) is 0 Å². The molecule has 0 aromatic heterocycles. The number of hydrogen-bond donors (Lipinski definition) is 0. The molecule has 0 amide bonds. The zero-order valence-electron chi connectivity index (χ0n) is 16.0. The maximum atomic E-state index is 2.32. The van der Waals surface area contributed by atoms with E-state index in [9.17, 15) is 0 Å². The van der Waals surface area contributed by atoms with Crippen molar-refractivity contribution in [3.05, 3.63) is 76.4 Å². The summed E-state index contributed by atoms with van der Waals surface area (Å²) in [7, 11) is 0. The Labute approximate surface area is 148 Å². The molecular formula is C24H32. The van der Waals surface area contributed by atoms with E-state index >= 15 is 0 Å². The SMILES string of the molecule is CCCC(CCC(C)C)=C(c1ccc(C)cc1)c1ccc(C)cc1. The van der Waals surface area contributed by atoms with E-state index in [4.69, 9.17) is 0 Å². The average Bonchev–Trinajstić information content (AvgIpc) is 2.56. The first-order valence-corrected chi connectivity index (χ1v) is 9.37. The molecule has 0 atom stereocenters. The number of rotatable bonds is 7. The van der Waals surface area contributed by atoms with E-state index in [-0.39, 0.29) is 0 Å². The molecule has 0 heteroatoms. The zero-order valence-corrected chi connectivity index (χ0v) is 16.0. The van der Waals surface area contributed by atoms with Gasteiger partial charge in [-0.2, -0.15) is 0 Å². The fourth-order valence-electron chi connectivity index (χ4n) is 3.16. The van der Waals surface area contributed by atoms with E-state index < -0.39 is 0 Å². The Balaban J connectivity index is 2.55. The molecule has 0 saturated heterocycles. The van der Waals surface area contributed by atoms with E-state index in [1.165, 1.54) is 53.5 Å². The first kappa shape index (κ1) is 18.5. The minimum Gasteiger partial charge on any atom is -0.0651 e. The van der Waals surface area contributed by atoms with Gasteiger partial charge in [-0.05, 0) is 55.7 Å². The van der Waals surface area contributed by atoms with Gasteiger partial charge in [0.2, 0.25) is 0 Å². The Morgan fingerprint density at radius 1 is 0.750 bits per heavy atom. The maximum Gasteiger partial charge on any atom is -0.0119 e. The van der Waals surface area contributed by atoms with Crippen LogP contribution in [-0.4, -0.2) is 0 Å². The molecule has 0 radical (unpaired) electrons. The van der Waals surface area contributed by atoms with E-state index in [0.29, 0.717) is 0 Å². The van der Waals surface area contributed by atoms with E-state index in [2.05, 4.69) is 83.1 Å². The van der Waals surface area contributed by atoms with Crippen molar-refractivity contribution in [2.24, 2.45) is 5.92 Å². The lowest BCUT2D eigenvalue weighted by Gasteiger charge is -2.18. The largest absolute Gasteiger partial charge is 0.0651 e. The van der Waals surface area contributed by atoms with Crippen LogP contribution in [0.1, 0.15) is 68.7 Å². The molecule has 0 nitrogen and oxygen atoms in total. The summed E-state index contributed by atoms with van der Waals surface area (Å²) in [6.07, 6.45) is 4.84. The third-order valence-electron chi connectivity index (χ3n) is 4.61. The van der Waals surface area contributed by atoms with Crippen LogP contribution >= 0.6 is 0 Å². The number of benzene rings is 2. The molecule has 0 N–H and O–H groups in total. The van der Waals surface area contributed by atoms with E-state index in [1.54, 1.807) is 5.57 Å². The van der Waals surface area contributed by atoms with Crippen LogP contribution in [0.2, 0.25) is 0 Å². The normalized spacial score (nSPS) is 10.9. The second-order valence-electron chi connectivity index (χ2n) is 7.39. The molecule has 2 aromatic rings. The summed E-state index contributed by atoms with van der Waals surface area (Å²) in [4.78, 5) is 0. The molecule has 2 rings (SSSR count). The van der Waals surface area contributed by atoms with Gasteiger partial charge in [0.25, 0.3) is 0 Å². The molecule has 0 fully saturated rings. The van der Waals surface area contributed by atoms with Crippen LogP contribution in [0.5, 0.6) is 0 Å². The van der Waals surface area contributed by atoms with Gasteiger partial charge in [-0.1, -0.05) is 92.4 Å². The van der Waals surface area contributed by atoms with E-state index in [1.807, 2.05) is 0 Å². The monoisotopic (exact) mass is 320 g/mol. The highest BCUT2D eigenvalue weighted by molar-refractivity contribution is 5.82. The Bertz CT molecular complexity index is 607. The molecule has 2 aromatic carbocycles. The zero-order chi connectivity index (χ0) is 17.5. The van der Waals surface area contributed by atoms with Gasteiger partial charge in [0, 0.05) is 0 Å². The maximum absolute atomic E-state index is 2.32. The Morgan fingerprint density at radius 3 is 1.58 bits per heavy atom. The molecule has 0 aliphatic heterocycles. The average molecular weight is 321 g/mol. The Hall–Kier alpha value is -1.82. The van der Waals surface area contributed by atoms with Gasteiger partial charge in [0.15, 0.2) is 0 Å². The van der Waals surface area contributed by atoms with Crippen molar-refractivity contribution in [2.45, 2.75) is 60.3 Å². The van der Waals surface area contributed by atoms with E-state index in [0.717, 1.165) is 5.92 Å². The summed E-state index contributed by atoms with van der Waals surface area (Å²) in [6, 6.07) is 18.1. The lowest BCUT2D eigenvalue weighted by atomic mass is 9.87. The van der Waals surface area contributed by atoms with Crippen LogP contribution in [0, 0.1) is 19.8 Å². The molecule has 0 heterocycles. The molecule has 0 aliphatic carbocycles. The van der Waals surface area contributed by atoms with Crippen molar-refractivity contribution in [3.8, 4) is 0 Å². The molecule has 0 aliphatic rings. The minimum absolute atomic E-state index is 0.745. The number of hydrogen-bond acceptors (Lipinski definition) is 0. The van der Waals surface area contributed by atoms with Crippen molar-refractivity contribution in [2.75, 3.05) is 0 Å². The highest BCUT2D eigenvalue weighted by atomic mass is 14.2. The second-order valence-corrected chi connectivity index (χ2v) is 7.39. The summed E-state index contributed by atoms with van der Waals surface area (Å²) >= 11 is 0. The third-order valence-corrected chi connectivity index (χ3v) is 4.61. The van der Waals surface area contributed by atoms with Gasteiger partial charge in [0.05, 0.1) is 0 Å². The minimum atomic E-state index is 0.745. The summed E-state index contributed by atoms with van der Waals surface area (Å²) in [5.74, 6) is 0.745. The second kappa shape index (κ2) is 8.87. The number of aryl methyl sites for hydroxylation is 2. The fraction of sp³-hybridized carbons (Fsp3) is 0.417. The van der Waals surface area contributed by atoms with Crippen LogP contribution < -0.4 is 0 Å². The molecule has 0 bridgehead atoms. The van der Waals surface area contributed by atoms with Crippen molar-refractivity contribution >= 4 is 5.57 Å². The van der Waals surface area contributed by atoms with Gasteiger partial charge in [-0.15, -0.1) is 0 Å². The molecule has 128 valence electrons. The fourth-order valence-corrected chi connectivity index (χ4v) is 3.16. The van der Waals surface area contributed by atoms with Crippen LogP contribution in [0.3, 0.4) is 0 Å². The molecule has 24 heavy (non-hydrogen) atoms. The lowest BCUT2D eigenvalue weighted by Crippen LogP contribution is -1.98. The highest BCUT2D eigenvalue weighted by Crippen LogP contribution is 2.32. The smallest absolute Gasteiger partial charge is 0.0119 e. The lowest BCUT2D eigenvalue weighted by molar-refractivity contribution is 0.577. The standard InChI is InChI=1S/C24H32/c1-6-7-21(13-8-18(2)3)24(22-14-9-19(4)10-15-22)23-16-11-20(5)12-17-23/h9-12,14-18H,6-8,13H2,1-5H3. The summed E-state index contributed by atoms with van der Waals surface area (Å²) in [5.41, 5.74) is 8.42. The quantitative estimate of drug-likeness (QED) is 0.500. The molecular weight excluding hydrogens is 288 g/mol. The van der Waals surface area contributed by atoms with Crippen molar-refractivity contribution < 1.29 is 0 Å². The topological polar surface area (TPSA) is 0 Å². The van der Waals surface area contributed by atoms with Crippen molar-refractivity contribution in [3.63, 3.8) is 0 Å². The summed E-state index contributed by atoms with van der Waals surface area (Å²) in [5, 5.41) is 0.